The minimum absolute atomic E-state index is 0.144. The second-order valence-corrected chi connectivity index (χ2v) is 5.05. The van der Waals surface area contributed by atoms with Crippen LogP contribution in [-0.2, 0) is 0 Å². The van der Waals surface area contributed by atoms with Crippen LogP contribution >= 0.6 is 0 Å². The van der Waals surface area contributed by atoms with Gasteiger partial charge in [0, 0.05) is 6.04 Å². The van der Waals surface area contributed by atoms with Gasteiger partial charge in [-0.15, -0.1) is 0 Å². The number of ether oxygens (including phenoxy) is 1. The maximum atomic E-state index is 12.8. The predicted molar refractivity (Wildman–Crippen MR) is 67.7 cm³/mol. The van der Waals surface area contributed by atoms with Crippen LogP contribution in [0.4, 0.5) is 17.6 Å². The standard InChI is InChI=1S/C14H17F4NO/c1-20-12-5-3-2-4-11(12)9-6-10(7-9)19-8-14(17,18)13(15)16/h2-5,9-10,13,19H,6-8H2,1H3. The van der Waals surface area contributed by atoms with Crippen molar-refractivity contribution < 1.29 is 22.3 Å². The molecule has 0 bridgehead atoms. The van der Waals surface area contributed by atoms with Crippen LogP contribution in [0.5, 0.6) is 5.75 Å². The van der Waals surface area contributed by atoms with E-state index in [1.54, 1.807) is 7.11 Å². The van der Waals surface area contributed by atoms with Gasteiger partial charge in [-0.1, -0.05) is 18.2 Å². The van der Waals surface area contributed by atoms with E-state index in [-0.39, 0.29) is 12.0 Å². The number of halogens is 4. The maximum Gasteiger partial charge on any atom is 0.319 e. The van der Waals surface area contributed by atoms with Crippen molar-refractivity contribution in [2.24, 2.45) is 0 Å². The first-order valence-corrected chi connectivity index (χ1v) is 6.46. The SMILES string of the molecule is COc1ccccc1C1CC(NCC(F)(F)C(F)F)C1. The first-order chi connectivity index (χ1) is 9.44. The molecule has 0 spiro atoms. The summed E-state index contributed by atoms with van der Waals surface area (Å²) in [6.07, 6.45) is -2.32. The molecule has 1 aromatic rings. The molecule has 1 N–H and O–H groups in total. The zero-order chi connectivity index (χ0) is 14.8. The van der Waals surface area contributed by atoms with Gasteiger partial charge in [0.15, 0.2) is 0 Å². The van der Waals surface area contributed by atoms with Crippen molar-refractivity contribution in [1.82, 2.24) is 5.32 Å². The third-order valence-corrected chi connectivity index (χ3v) is 3.66. The van der Waals surface area contributed by atoms with E-state index in [1.165, 1.54) is 0 Å². The van der Waals surface area contributed by atoms with Gasteiger partial charge in [0.1, 0.15) is 5.75 Å². The summed E-state index contributed by atoms with van der Waals surface area (Å²) in [5.74, 6) is -2.96. The topological polar surface area (TPSA) is 21.3 Å². The lowest BCUT2D eigenvalue weighted by Gasteiger charge is -2.37. The summed E-state index contributed by atoms with van der Waals surface area (Å²) in [7, 11) is 1.58. The van der Waals surface area contributed by atoms with Crippen molar-refractivity contribution in [3.05, 3.63) is 29.8 Å². The number of hydrogen-bond donors (Lipinski definition) is 1. The van der Waals surface area contributed by atoms with Crippen LogP contribution in [0.2, 0.25) is 0 Å². The summed E-state index contributed by atoms with van der Waals surface area (Å²) >= 11 is 0. The van der Waals surface area contributed by atoms with Crippen molar-refractivity contribution in [2.75, 3.05) is 13.7 Å². The Morgan fingerprint density at radius 1 is 1.30 bits per heavy atom. The maximum absolute atomic E-state index is 12.8. The average Bonchev–Trinajstić information content (AvgIpc) is 2.37. The molecule has 0 aliphatic heterocycles. The summed E-state index contributed by atoms with van der Waals surface area (Å²) in [6.45, 7) is -0.978. The number of nitrogens with one attached hydrogen (secondary N) is 1. The van der Waals surface area contributed by atoms with Crippen LogP contribution in [0, 0.1) is 0 Å². The molecule has 0 unspecified atom stereocenters. The van der Waals surface area contributed by atoms with Crippen LogP contribution in [0.25, 0.3) is 0 Å². The highest BCUT2D eigenvalue weighted by Crippen LogP contribution is 2.41. The largest absolute Gasteiger partial charge is 0.496 e. The Morgan fingerprint density at radius 2 is 1.95 bits per heavy atom. The van der Waals surface area contributed by atoms with E-state index in [0.29, 0.717) is 12.8 Å². The average molecular weight is 291 g/mol. The van der Waals surface area contributed by atoms with Gasteiger partial charge in [0.25, 0.3) is 0 Å². The first-order valence-electron chi connectivity index (χ1n) is 6.46. The molecule has 0 aromatic heterocycles. The number of benzene rings is 1. The number of para-hydroxylation sites is 1. The minimum atomic E-state index is -3.96. The van der Waals surface area contributed by atoms with E-state index in [1.807, 2.05) is 24.3 Å². The van der Waals surface area contributed by atoms with Crippen LogP contribution < -0.4 is 10.1 Å². The fourth-order valence-corrected chi connectivity index (χ4v) is 2.40. The van der Waals surface area contributed by atoms with Crippen molar-refractivity contribution in [2.45, 2.75) is 37.1 Å². The highest BCUT2D eigenvalue weighted by Gasteiger charge is 2.42. The van der Waals surface area contributed by atoms with Crippen LogP contribution in [0.15, 0.2) is 24.3 Å². The van der Waals surface area contributed by atoms with Gasteiger partial charge in [-0.3, -0.25) is 0 Å². The first kappa shape index (κ1) is 15.1. The molecule has 0 heterocycles. The van der Waals surface area contributed by atoms with Gasteiger partial charge in [0.2, 0.25) is 0 Å². The van der Waals surface area contributed by atoms with Gasteiger partial charge in [-0.2, -0.15) is 8.78 Å². The molecule has 1 aliphatic carbocycles. The van der Waals surface area contributed by atoms with E-state index < -0.39 is 18.9 Å². The van der Waals surface area contributed by atoms with Gasteiger partial charge < -0.3 is 10.1 Å². The molecule has 2 rings (SSSR count). The van der Waals surface area contributed by atoms with Gasteiger partial charge in [-0.05, 0) is 30.4 Å². The van der Waals surface area contributed by atoms with E-state index in [4.69, 9.17) is 4.74 Å². The fraction of sp³-hybridized carbons (Fsp3) is 0.571. The summed E-state index contributed by atoms with van der Waals surface area (Å²) in [5.41, 5.74) is 1.04. The third kappa shape index (κ3) is 3.23. The molecule has 1 fully saturated rings. The van der Waals surface area contributed by atoms with Gasteiger partial charge in [-0.25, -0.2) is 8.78 Å². The summed E-state index contributed by atoms with van der Waals surface area (Å²) in [6, 6.07) is 7.40. The van der Waals surface area contributed by atoms with Crippen molar-refractivity contribution in [1.29, 1.82) is 0 Å². The molecule has 1 aromatic carbocycles. The van der Waals surface area contributed by atoms with Crippen LogP contribution in [0.3, 0.4) is 0 Å². The molecule has 0 saturated heterocycles. The Hall–Kier alpha value is -1.30. The van der Waals surface area contributed by atoms with E-state index in [0.717, 1.165) is 11.3 Å². The van der Waals surface area contributed by atoms with Crippen molar-refractivity contribution in [3.63, 3.8) is 0 Å². The molecule has 0 atom stereocenters. The lowest BCUT2D eigenvalue weighted by Crippen LogP contribution is -2.47. The van der Waals surface area contributed by atoms with Crippen molar-refractivity contribution in [3.8, 4) is 5.75 Å². The fourth-order valence-electron chi connectivity index (χ4n) is 2.40. The Bertz CT molecular complexity index is 447. The molecule has 1 saturated carbocycles. The highest BCUT2D eigenvalue weighted by atomic mass is 19.3. The highest BCUT2D eigenvalue weighted by molar-refractivity contribution is 5.37. The normalized spacial score (nSPS) is 22.7. The zero-order valence-corrected chi connectivity index (χ0v) is 11.1. The summed E-state index contributed by atoms with van der Waals surface area (Å²) in [4.78, 5) is 0. The Balaban J connectivity index is 1.83. The summed E-state index contributed by atoms with van der Waals surface area (Å²) in [5, 5.41) is 2.51. The number of rotatable bonds is 6. The molecular formula is C14H17F4NO. The van der Waals surface area contributed by atoms with E-state index >= 15 is 0 Å². The second kappa shape index (κ2) is 5.99. The summed E-state index contributed by atoms with van der Waals surface area (Å²) < 4.78 is 54.8. The monoisotopic (exact) mass is 291 g/mol. The molecule has 112 valence electrons. The molecule has 0 amide bonds. The number of hydrogen-bond acceptors (Lipinski definition) is 2. The molecule has 0 radical (unpaired) electrons. The van der Waals surface area contributed by atoms with Crippen LogP contribution in [-0.4, -0.2) is 32.0 Å². The van der Waals surface area contributed by atoms with Gasteiger partial charge >= 0.3 is 12.3 Å². The Kier molecular flexibility index (Phi) is 4.52. The molecule has 1 aliphatic rings. The molecular weight excluding hydrogens is 274 g/mol. The minimum Gasteiger partial charge on any atom is -0.496 e. The predicted octanol–water partition coefficient (Wildman–Crippen LogP) is 3.43. The van der Waals surface area contributed by atoms with Crippen molar-refractivity contribution >= 4 is 0 Å². The van der Waals surface area contributed by atoms with E-state index in [2.05, 4.69) is 5.32 Å². The number of methoxy groups -OCH3 is 1. The van der Waals surface area contributed by atoms with E-state index in [9.17, 15) is 17.6 Å². The molecule has 6 heteroatoms. The molecule has 20 heavy (non-hydrogen) atoms. The zero-order valence-electron chi connectivity index (χ0n) is 11.1. The van der Waals surface area contributed by atoms with Crippen LogP contribution in [0.1, 0.15) is 24.3 Å². The van der Waals surface area contributed by atoms with Gasteiger partial charge in [0.05, 0.1) is 13.7 Å². The Labute approximate surface area is 115 Å². The molecule has 2 nitrogen and oxygen atoms in total. The smallest absolute Gasteiger partial charge is 0.319 e. The third-order valence-electron chi connectivity index (χ3n) is 3.66. The quantitative estimate of drug-likeness (QED) is 0.811. The Morgan fingerprint density at radius 3 is 2.55 bits per heavy atom. The number of alkyl halides is 4. The lowest BCUT2D eigenvalue weighted by molar-refractivity contribution is -0.127. The lowest BCUT2D eigenvalue weighted by atomic mass is 9.75. The second-order valence-electron chi connectivity index (χ2n) is 5.05.